The van der Waals surface area contributed by atoms with E-state index in [2.05, 4.69) is 83.1 Å². The summed E-state index contributed by atoms with van der Waals surface area (Å²) < 4.78 is 0. The highest BCUT2D eigenvalue weighted by molar-refractivity contribution is 4.52. The summed E-state index contributed by atoms with van der Waals surface area (Å²) in [6.07, 6.45) is 2.68. The molecule has 0 aromatic rings. The van der Waals surface area contributed by atoms with Crippen molar-refractivity contribution in [1.82, 2.24) is 0 Å². The summed E-state index contributed by atoms with van der Waals surface area (Å²) in [5, 5.41) is 0. The quantitative estimate of drug-likeness (QED) is 0.462. The van der Waals surface area contributed by atoms with Crippen LogP contribution in [-0.2, 0) is 0 Å². The van der Waals surface area contributed by atoms with Crippen LogP contribution in [0.4, 0.5) is 0 Å². The van der Waals surface area contributed by atoms with Gasteiger partial charge in [-0.05, 0) is 41.9 Å². The third kappa shape index (κ3) is 49.5. The van der Waals surface area contributed by atoms with Crippen LogP contribution in [-0.4, -0.2) is 0 Å². The first-order valence-corrected chi connectivity index (χ1v) is 8.95. The summed E-state index contributed by atoms with van der Waals surface area (Å²) in [6, 6.07) is 0. The van der Waals surface area contributed by atoms with Gasteiger partial charge in [-0.2, -0.15) is 0 Å². The normalized spacial score (nSPS) is 10.4. The molecule has 158 valence electrons. The smallest absolute Gasteiger partial charge is 0.0422 e. The molecule has 24 heavy (non-hydrogen) atoms. The number of rotatable bonds is 5. The number of hydrogen-bond acceptors (Lipinski definition) is 0. The van der Waals surface area contributed by atoms with Crippen molar-refractivity contribution >= 4 is 0 Å². The predicted octanol–water partition coefficient (Wildman–Crippen LogP) is 10.2. The lowest BCUT2D eigenvalue weighted by atomic mass is 9.96. The molecule has 0 aromatic heterocycles. The molecule has 0 aliphatic rings. The molecule has 0 saturated carbocycles. The van der Waals surface area contributed by atoms with E-state index in [-0.39, 0.29) is 29.7 Å². The van der Waals surface area contributed by atoms with Gasteiger partial charge in [0.25, 0.3) is 0 Å². The Labute approximate surface area is 161 Å². The lowest BCUT2D eigenvalue weighted by Gasteiger charge is -2.10. The van der Waals surface area contributed by atoms with Gasteiger partial charge in [-0.1, -0.05) is 119 Å². The van der Waals surface area contributed by atoms with Gasteiger partial charge in [0, 0.05) is 0 Å². The predicted molar refractivity (Wildman–Crippen MR) is 125 cm³/mol. The maximum Gasteiger partial charge on any atom is -0.0422 e. The molecule has 0 spiro atoms. The Balaban J connectivity index is -0.0000000334. The highest BCUT2D eigenvalue weighted by Gasteiger charge is 2.01. The third-order valence-corrected chi connectivity index (χ3v) is 4.06. The molecule has 0 aliphatic carbocycles. The largest absolute Gasteiger partial charge is 0.0776 e. The first kappa shape index (κ1) is 43.9. The van der Waals surface area contributed by atoms with E-state index in [4.69, 9.17) is 0 Å². The van der Waals surface area contributed by atoms with Gasteiger partial charge in [-0.25, -0.2) is 0 Å². The Morgan fingerprint density at radius 1 is 0.458 bits per heavy atom. The maximum atomic E-state index is 2.30. The van der Waals surface area contributed by atoms with E-state index in [1.165, 1.54) is 12.8 Å². The van der Waals surface area contributed by atoms with Crippen LogP contribution in [0.25, 0.3) is 0 Å². The average molecular weight is 351 g/mol. The summed E-state index contributed by atoms with van der Waals surface area (Å²) in [7, 11) is 0. The van der Waals surface area contributed by atoms with Crippen molar-refractivity contribution in [2.45, 2.75) is 126 Å². The third-order valence-electron chi connectivity index (χ3n) is 4.06. The minimum Gasteiger partial charge on any atom is -0.0776 e. The summed E-state index contributed by atoms with van der Waals surface area (Å²) in [4.78, 5) is 0. The molecular weight excluding hydrogens is 288 g/mol. The van der Waals surface area contributed by atoms with Gasteiger partial charge in [0.2, 0.25) is 0 Å². The molecule has 0 fully saturated rings. The van der Waals surface area contributed by atoms with Gasteiger partial charge in [0.1, 0.15) is 0 Å². The minimum atomic E-state index is 0. The molecule has 0 nitrogen and oxygen atoms in total. The zero-order valence-electron chi connectivity index (χ0n) is 16.9. The van der Waals surface area contributed by atoms with Gasteiger partial charge >= 0.3 is 0 Å². The van der Waals surface area contributed by atoms with Crippen molar-refractivity contribution in [2.75, 3.05) is 0 Å². The molecule has 0 rings (SSSR count). The average Bonchev–Trinajstić information content (AvgIpc) is 2.27. The molecule has 0 aromatic carbocycles. The Hall–Kier alpha value is 0. The number of hydrogen-bond donors (Lipinski definition) is 0. The van der Waals surface area contributed by atoms with Crippen LogP contribution in [0.1, 0.15) is 126 Å². The van der Waals surface area contributed by atoms with Gasteiger partial charge in [-0.15, -0.1) is 0 Å². The van der Waals surface area contributed by atoms with Crippen LogP contribution < -0.4 is 0 Å². The first-order chi connectivity index (χ1) is 8.95. The lowest BCUT2D eigenvalue weighted by Crippen LogP contribution is -2.00. The second kappa shape index (κ2) is 27.8. The fraction of sp³-hybridized carbons (Fsp3) is 1.00. The fourth-order valence-electron chi connectivity index (χ4n) is 1.41. The Morgan fingerprint density at radius 2 is 0.708 bits per heavy atom. The molecule has 0 N–H and O–H groups in total. The van der Waals surface area contributed by atoms with Gasteiger partial charge in [0.05, 0.1) is 0 Å². The van der Waals surface area contributed by atoms with Crippen molar-refractivity contribution in [3.63, 3.8) is 0 Å². The molecule has 1 atom stereocenters. The van der Waals surface area contributed by atoms with E-state index in [0.29, 0.717) is 0 Å². The van der Waals surface area contributed by atoms with E-state index in [9.17, 15) is 0 Å². The van der Waals surface area contributed by atoms with Crippen LogP contribution >= 0.6 is 0 Å². The standard InChI is InChI=1S/2C7H16.C6H14.4CH4/c1-6(2)5-7(3)4;1-5-7(4)6(2)3;1-5(2)6(3)4;;;;/h2*6-7H,5H2,1-4H3;5-6H,1-4H3;4*1H4. The molecule has 0 amide bonds. The Kier molecular flexibility index (Phi) is 50.9. The second-order valence-corrected chi connectivity index (χ2v) is 8.14. The van der Waals surface area contributed by atoms with Crippen molar-refractivity contribution in [3.05, 3.63) is 0 Å². The summed E-state index contributed by atoms with van der Waals surface area (Å²) in [6.45, 7) is 27.1. The zero-order chi connectivity index (χ0) is 16.9. The van der Waals surface area contributed by atoms with Crippen molar-refractivity contribution in [2.24, 2.45) is 35.5 Å². The van der Waals surface area contributed by atoms with Crippen LogP contribution in [0.15, 0.2) is 0 Å². The van der Waals surface area contributed by atoms with E-state index in [1.54, 1.807) is 0 Å². The summed E-state index contributed by atoms with van der Waals surface area (Å²) >= 11 is 0. The van der Waals surface area contributed by atoms with Crippen LogP contribution in [0.5, 0.6) is 0 Å². The Bertz CT molecular complexity index is 151. The van der Waals surface area contributed by atoms with Gasteiger partial charge in [0.15, 0.2) is 0 Å². The molecule has 0 heteroatoms. The molecule has 0 bridgehead atoms. The van der Waals surface area contributed by atoms with Crippen LogP contribution in [0, 0.1) is 35.5 Å². The second-order valence-electron chi connectivity index (χ2n) is 8.14. The highest BCUT2D eigenvalue weighted by atomic mass is 14.1. The first-order valence-electron chi connectivity index (χ1n) is 8.95. The fourth-order valence-corrected chi connectivity index (χ4v) is 1.41. The molecule has 0 radical (unpaired) electrons. The molecule has 0 aliphatic heterocycles. The van der Waals surface area contributed by atoms with E-state index in [0.717, 1.165) is 35.5 Å². The lowest BCUT2D eigenvalue weighted by molar-refractivity contribution is 0.407. The minimum absolute atomic E-state index is 0. The van der Waals surface area contributed by atoms with E-state index < -0.39 is 0 Å². The van der Waals surface area contributed by atoms with Crippen molar-refractivity contribution < 1.29 is 0 Å². The van der Waals surface area contributed by atoms with Gasteiger partial charge < -0.3 is 0 Å². The molecule has 0 saturated heterocycles. The maximum absolute atomic E-state index is 2.30. The van der Waals surface area contributed by atoms with Crippen LogP contribution in [0.2, 0.25) is 0 Å². The SMILES string of the molecule is C.C.C.C.CC(C)C(C)C.CC(C)CC(C)C.CCC(C)C(C)C. The topological polar surface area (TPSA) is 0 Å². The van der Waals surface area contributed by atoms with Crippen LogP contribution in [0.3, 0.4) is 0 Å². The molecular formula is C24H62. The summed E-state index contributed by atoms with van der Waals surface area (Å²) in [5.41, 5.74) is 0. The van der Waals surface area contributed by atoms with E-state index in [1.807, 2.05) is 0 Å². The van der Waals surface area contributed by atoms with Crippen molar-refractivity contribution in [3.8, 4) is 0 Å². The Morgan fingerprint density at radius 3 is 0.708 bits per heavy atom. The monoisotopic (exact) mass is 350 g/mol. The summed E-state index contributed by atoms with van der Waals surface area (Å²) in [5.74, 6) is 5.22. The molecule has 0 heterocycles. The zero-order valence-corrected chi connectivity index (χ0v) is 16.9. The molecule has 1 unspecified atom stereocenters. The van der Waals surface area contributed by atoms with Crippen molar-refractivity contribution in [1.29, 1.82) is 0 Å². The highest BCUT2D eigenvalue weighted by Crippen LogP contribution is 2.11. The van der Waals surface area contributed by atoms with Gasteiger partial charge in [-0.3, -0.25) is 0 Å². The van der Waals surface area contributed by atoms with E-state index >= 15 is 0 Å².